The number of likely N-dealkylation sites (tertiary alicyclic amines) is 1. The number of ether oxygens (including phenoxy) is 4. The number of thiol groups is 1. The molecule has 1 aromatic carbocycles. The summed E-state index contributed by atoms with van der Waals surface area (Å²) in [7, 11) is 4.38. The SMILES string of the molecule is CO[C@@H]1/C=C/C=C(\C)Cc2cc(CO)c(Cl)c(c2)N(C)C(=O)C[C@H](OC(=O)[C@H](C)N(C)C(=O)CCSC2CC(=O)N(C[C@H]3CC[C@H](C(=O)NS)CC3)C2=O)[C@]2(C)O[C@H]2[C@H](C)[C@@H]2C[C@@]1(O)NC(=O)O2. The fourth-order valence-corrected chi connectivity index (χ4v) is 11.3. The lowest BCUT2D eigenvalue weighted by atomic mass is 9.81. The minimum Gasteiger partial charge on any atom is -0.457 e. The number of alkyl carbamates (subject to hydrolysis) is 1. The van der Waals surface area contributed by atoms with Crippen LogP contribution in [0.4, 0.5) is 10.5 Å². The van der Waals surface area contributed by atoms with E-state index in [1.165, 1.54) is 54.6 Å². The molecule has 18 nitrogen and oxygen atoms in total. The molecule has 4 N–H and O–H groups in total. The number of nitrogens with one attached hydrogen (secondary N) is 2. The third-order valence-electron chi connectivity index (χ3n) is 14.2. The molecule has 1 saturated carbocycles. The van der Waals surface area contributed by atoms with Crippen LogP contribution in [0.15, 0.2) is 35.9 Å². The summed E-state index contributed by atoms with van der Waals surface area (Å²) in [4.78, 5) is 96.9. The van der Waals surface area contributed by atoms with Gasteiger partial charge in [0.15, 0.2) is 5.72 Å². The quantitative estimate of drug-likeness (QED) is 0.0862. The number of carbonyl (C=O) groups is 7. The van der Waals surface area contributed by atoms with Crippen molar-refractivity contribution in [3.8, 4) is 0 Å². The van der Waals surface area contributed by atoms with E-state index in [1.807, 2.05) is 13.0 Å². The smallest absolute Gasteiger partial charge is 0.409 e. The summed E-state index contributed by atoms with van der Waals surface area (Å²) in [6, 6.07) is 2.35. The van der Waals surface area contributed by atoms with Crippen LogP contribution >= 0.6 is 36.2 Å². The molecule has 1 aromatic rings. The number of hydrogen-bond donors (Lipinski definition) is 5. The summed E-state index contributed by atoms with van der Waals surface area (Å²) in [5, 5.41) is 24.1. The van der Waals surface area contributed by atoms with Crippen LogP contribution in [0.1, 0.15) is 90.2 Å². The van der Waals surface area contributed by atoms with Crippen molar-refractivity contribution in [2.75, 3.05) is 38.4 Å². The number of aliphatic hydroxyl groups excluding tert-OH is 1. The number of nitrogens with zero attached hydrogens (tertiary/aromatic N) is 3. The molecule has 5 aliphatic rings. The van der Waals surface area contributed by atoms with Gasteiger partial charge in [0.05, 0.1) is 35.1 Å². The number of benzene rings is 1. The first kappa shape index (κ1) is 53.2. The maximum atomic E-state index is 14.3. The van der Waals surface area contributed by atoms with Crippen LogP contribution in [0, 0.1) is 17.8 Å². The third kappa shape index (κ3) is 11.9. The van der Waals surface area contributed by atoms with Crippen molar-refractivity contribution >= 4 is 83.5 Å². The highest BCUT2D eigenvalue weighted by Crippen LogP contribution is 2.49. The number of fused-ring (bicyclic) bond motifs is 5. The van der Waals surface area contributed by atoms with Gasteiger partial charge in [0.25, 0.3) is 0 Å². The Labute approximate surface area is 411 Å². The Morgan fingerprint density at radius 2 is 1.84 bits per heavy atom. The van der Waals surface area contributed by atoms with E-state index < -0.39 is 89.9 Å². The second-order valence-electron chi connectivity index (χ2n) is 18.9. The number of aliphatic hydroxyl groups is 2. The molecule has 6 amide bonds. The topological polar surface area (TPSA) is 234 Å². The number of allylic oxidation sites excluding steroid dienone is 3. The van der Waals surface area contributed by atoms with Crippen molar-refractivity contribution in [1.29, 1.82) is 0 Å². The highest BCUT2D eigenvalue weighted by molar-refractivity contribution is 8.00. The standard InChI is InChI=1S/C47H64ClN5O13S2/c1-25-9-8-10-35(63-7)47(62)22-33(64-45(61)49-47)26(2)41-46(4,66-41)36(21-38(56)52(6)32-19-29(17-25)18-31(24-54)40(32)48)65-44(60)27(3)51(5)37(55)15-16-68-34-20-39(57)53(43(34)59)23-28-11-13-30(14-12-28)42(58)50-67/h8-10,18-19,26-28,30,33-36,41,54,62,67H,11-17,20-24H2,1-7H3,(H,49,61)(H,50,58)/b10-8+,25-9+/t26-,27+,28-,30-,33+,34?,35-,36+,41+,46+,47+/m1/s1. The number of thioether (sulfide) groups is 1. The van der Waals surface area contributed by atoms with E-state index in [2.05, 4.69) is 22.9 Å². The molecule has 4 aliphatic heterocycles. The molecule has 0 radical (unpaired) electrons. The Bertz CT molecular complexity index is 2190. The Morgan fingerprint density at radius 3 is 2.50 bits per heavy atom. The number of rotatable bonds is 12. The average Bonchev–Trinajstić information content (AvgIpc) is 3.94. The fourth-order valence-electron chi connectivity index (χ4n) is 9.67. The van der Waals surface area contributed by atoms with E-state index in [0.717, 1.165) is 11.1 Å². The summed E-state index contributed by atoms with van der Waals surface area (Å²) in [5.74, 6) is -2.87. The lowest BCUT2D eigenvalue weighted by Crippen LogP contribution is -2.63. The Hall–Kier alpha value is -4.18. The zero-order chi connectivity index (χ0) is 49.8. The van der Waals surface area contributed by atoms with Crippen molar-refractivity contribution in [2.45, 2.75) is 139 Å². The first-order valence-corrected chi connectivity index (χ1v) is 24.8. The van der Waals surface area contributed by atoms with Gasteiger partial charge in [-0.3, -0.25) is 34.2 Å². The number of amides is 6. The Balaban J connectivity index is 1.15. The highest BCUT2D eigenvalue weighted by Gasteiger charge is 2.64. The van der Waals surface area contributed by atoms with E-state index in [1.54, 1.807) is 38.1 Å². The largest absolute Gasteiger partial charge is 0.457 e. The number of methoxy groups -OCH3 is 1. The van der Waals surface area contributed by atoms with Crippen LogP contribution in [0.25, 0.3) is 0 Å². The zero-order valence-corrected chi connectivity index (χ0v) is 42.0. The van der Waals surface area contributed by atoms with Crippen LogP contribution in [0.3, 0.4) is 0 Å². The lowest BCUT2D eigenvalue weighted by molar-refractivity contribution is -0.162. The molecule has 68 heavy (non-hydrogen) atoms. The molecule has 6 rings (SSSR count). The summed E-state index contributed by atoms with van der Waals surface area (Å²) in [5.41, 5.74) is -0.876. The van der Waals surface area contributed by atoms with Gasteiger partial charge in [0, 0.05) is 64.6 Å². The van der Waals surface area contributed by atoms with Gasteiger partial charge in [-0.1, -0.05) is 61.2 Å². The summed E-state index contributed by atoms with van der Waals surface area (Å²) in [6.07, 6.45) is 2.98. The van der Waals surface area contributed by atoms with Crippen molar-refractivity contribution in [1.82, 2.24) is 19.8 Å². The molecule has 4 bridgehead atoms. The molecule has 1 aliphatic carbocycles. The maximum Gasteiger partial charge on any atom is 0.409 e. The van der Waals surface area contributed by atoms with Crippen molar-refractivity contribution in [2.24, 2.45) is 17.8 Å². The second-order valence-corrected chi connectivity index (χ2v) is 20.8. The number of hydrogen-bond acceptors (Lipinski definition) is 15. The predicted molar refractivity (Wildman–Crippen MR) is 255 cm³/mol. The molecular formula is C47H64ClN5O13S2. The molecule has 4 fully saturated rings. The second kappa shape index (κ2) is 22.3. The number of halogens is 1. The number of epoxide rings is 1. The highest BCUT2D eigenvalue weighted by atomic mass is 35.5. The molecule has 4 heterocycles. The van der Waals surface area contributed by atoms with E-state index in [9.17, 15) is 43.8 Å². The molecule has 21 heteroatoms. The van der Waals surface area contributed by atoms with Crippen LogP contribution in [-0.2, 0) is 60.7 Å². The molecular weight excluding hydrogens is 942 g/mol. The Morgan fingerprint density at radius 1 is 1.13 bits per heavy atom. The number of carbonyl (C=O) groups excluding carboxylic acids is 7. The van der Waals surface area contributed by atoms with E-state index in [-0.39, 0.29) is 59.6 Å². The minimum atomic E-state index is -1.88. The molecule has 9 atom stereocenters. The molecule has 0 aromatic heterocycles. The van der Waals surface area contributed by atoms with E-state index in [0.29, 0.717) is 49.9 Å². The van der Waals surface area contributed by atoms with Crippen LogP contribution in [0.2, 0.25) is 5.02 Å². The number of imide groups is 1. The first-order chi connectivity index (χ1) is 32.1. The van der Waals surface area contributed by atoms with Crippen molar-refractivity contribution < 1.29 is 62.7 Å². The zero-order valence-electron chi connectivity index (χ0n) is 39.5. The molecule has 374 valence electrons. The van der Waals surface area contributed by atoms with Crippen molar-refractivity contribution in [3.05, 3.63) is 52.1 Å². The predicted octanol–water partition coefficient (Wildman–Crippen LogP) is 4.02. The molecule has 1 unspecified atom stereocenters. The van der Waals surface area contributed by atoms with Gasteiger partial charge in [0.1, 0.15) is 30.0 Å². The fraction of sp³-hybridized carbons (Fsp3) is 0.638. The normalized spacial score (nSPS) is 32.8. The van der Waals surface area contributed by atoms with Crippen LogP contribution in [-0.4, -0.2) is 142 Å². The summed E-state index contributed by atoms with van der Waals surface area (Å²) < 4.78 is 26.1. The van der Waals surface area contributed by atoms with Gasteiger partial charge in [-0.2, -0.15) is 0 Å². The monoisotopic (exact) mass is 1010 g/mol. The number of likely N-dealkylation sites (N-methyl/N-ethyl adjacent to an activating group) is 1. The van der Waals surface area contributed by atoms with Gasteiger partial charge in [-0.15, -0.1) is 11.8 Å². The number of anilines is 1. The lowest BCUT2D eigenvalue weighted by Gasteiger charge is -2.42. The van der Waals surface area contributed by atoms with Gasteiger partial charge in [-0.25, -0.2) is 9.59 Å². The average molecular weight is 1010 g/mol. The first-order valence-electron chi connectivity index (χ1n) is 22.9. The minimum absolute atomic E-state index is 0.0205. The van der Waals surface area contributed by atoms with Gasteiger partial charge < -0.3 is 43.7 Å². The third-order valence-corrected chi connectivity index (χ3v) is 16.1. The maximum absolute atomic E-state index is 14.3. The van der Waals surface area contributed by atoms with Crippen LogP contribution in [0.5, 0.6) is 0 Å². The summed E-state index contributed by atoms with van der Waals surface area (Å²) in [6.45, 7) is 6.70. The van der Waals surface area contributed by atoms with Gasteiger partial charge in [0.2, 0.25) is 29.5 Å². The summed E-state index contributed by atoms with van der Waals surface area (Å²) >= 11 is 11.8. The van der Waals surface area contributed by atoms with Crippen LogP contribution < -0.4 is 14.9 Å². The van der Waals surface area contributed by atoms with Gasteiger partial charge in [-0.05, 0) is 76.0 Å². The van der Waals surface area contributed by atoms with E-state index >= 15 is 0 Å². The van der Waals surface area contributed by atoms with E-state index in [4.69, 9.17) is 30.5 Å². The number of esters is 1. The van der Waals surface area contributed by atoms with Crippen molar-refractivity contribution in [3.63, 3.8) is 0 Å². The molecule has 0 spiro atoms. The Kier molecular flexibility index (Phi) is 17.4. The van der Waals surface area contributed by atoms with Gasteiger partial charge >= 0.3 is 12.1 Å². The molecule has 3 saturated heterocycles.